The van der Waals surface area contributed by atoms with Crippen molar-refractivity contribution >= 4 is 5.69 Å². The Bertz CT molecular complexity index is 366. The number of hydrogen-bond donors (Lipinski definition) is 1. The lowest BCUT2D eigenvalue weighted by atomic mass is 10.1. The lowest BCUT2D eigenvalue weighted by molar-refractivity contribution is 0.291. The quantitative estimate of drug-likeness (QED) is 0.767. The maximum atomic E-state index is 8.66. The van der Waals surface area contributed by atoms with Crippen LogP contribution in [-0.4, -0.2) is 6.61 Å². The summed E-state index contributed by atoms with van der Waals surface area (Å²) < 4.78 is 5.51. The molecule has 0 aliphatic heterocycles. The fourth-order valence-electron chi connectivity index (χ4n) is 1.15. The van der Waals surface area contributed by atoms with Crippen molar-refractivity contribution in [2.45, 2.75) is 20.3 Å². The highest BCUT2D eigenvalue weighted by molar-refractivity contribution is 5.56. The van der Waals surface area contributed by atoms with Crippen LogP contribution in [0.5, 0.6) is 5.75 Å². The molecule has 0 radical (unpaired) electrons. The predicted molar refractivity (Wildman–Crippen MR) is 60.5 cm³/mol. The molecular weight excluding hydrogens is 188 g/mol. The van der Waals surface area contributed by atoms with Gasteiger partial charge in [0.25, 0.3) is 0 Å². The Balaban J connectivity index is 2.59. The zero-order valence-electron chi connectivity index (χ0n) is 9.16. The first kappa shape index (κ1) is 11.4. The maximum Gasteiger partial charge on any atom is 0.142 e. The van der Waals surface area contributed by atoms with Gasteiger partial charge in [-0.25, -0.2) is 0 Å². The summed E-state index contributed by atoms with van der Waals surface area (Å²) >= 11 is 0. The van der Waals surface area contributed by atoms with Gasteiger partial charge in [-0.1, -0.05) is 13.8 Å². The van der Waals surface area contributed by atoms with Crippen molar-refractivity contribution in [3.05, 3.63) is 23.8 Å². The van der Waals surface area contributed by atoms with Crippen molar-refractivity contribution in [1.29, 1.82) is 5.26 Å². The maximum absolute atomic E-state index is 8.66. The summed E-state index contributed by atoms with van der Waals surface area (Å²) in [7, 11) is 0. The van der Waals surface area contributed by atoms with Crippen molar-refractivity contribution in [3.63, 3.8) is 0 Å². The predicted octanol–water partition coefficient (Wildman–Crippen LogP) is 2.57. The third-order valence-corrected chi connectivity index (χ3v) is 2.09. The molecule has 0 aromatic heterocycles. The van der Waals surface area contributed by atoms with Gasteiger partial charge in [0, 0.05) is 0 Å². The van der Waals surface area contributed by atoms with Gasteiger partial charge in [-0.05, 0) is 30.5 Å². The SMILES string of the molecule is CC(C)CCOc1ccc(C#N)cc1N. The molecule has 3 heteroatoms. The Morgan fingerprint density at radius 2 is 2.20 bits per heavy atom. The summed E-state index contributed by atoms with van der Waals surface area (Å²) in [5.74, 6) is 1.28. The zero-order chi connectivity index (χ0) is 11.3. The number of nitrogen functional groups attached to an aromatic ring is 1. The average Bonchev–Trinajstić information content (AvgIpc) is 2.20. The third-order valence-electron chi connectivity index (χ3n) is 2.09. The highest BCUT2D eigenvalue weighted by Crippen LogP contribution is 2.22. The number of benzene rings is 1. The van der Waals surface area contributed by atoms with Crippen LogP contribution in [0, 0.1) is 17.2 Å². The zero-order valence-corrected chi connectivity index (χ0v) is 9.16. The van der Waals surface area contributed by atoms with Crippen LogP contribution in [0.4, 0.5) is 5.69 Å². The van der Waals surface area contributed by atoms with E-state index in [-0.39, 0.29) is 0 Å². The summed E-state index contributed by atoms with van der Waals surface area (Å²) in [6.45, 7) is 4.95. The van der Waals surface area contributed by atoms with Crippen LogP contribution in [0.1, 0.15) is 25.8 Å². The number of anilines is 1. The summed E-state index contributed by atoms with van der Waals surface area (Å²) in [4.78, 5) is 0. The van der Waals surface area contributed by atoms with Gasteiger partial charge in [0.1, 0.15) is 5.75 Å². The third kappa shape index (κ3) is 3.51. The van der Waals surface area contributed by atoms with Crippen molar-refractivity contribution in [3.8, 4) is 11.8 Å². The summed E-state index contributed by atoms with van der Waals surface area (Å²) in [5, 5.41) is 8.66. The molecule has 0 amide bonds. The second-order valence-electron chi connectivity index (χ2n) is 3.90. The molecular formula is C12H16N2O. The van der Waals surface area contributed by atoms with Crippen LogP contribution < -0.4 is 10.5 Å². The topological polar surface area (TPSA) is 59.0 Å². The Morgan fingerprint density at radius 1 is 1.47 bits per heavy atom. The second kappa shape index (κ2) is 5.26. The lowest BCUT2D eigenvalue weighted by Crippen LogP contribution is -2.03. The molecule has 1 aromatic rings. The molecule has 0 saturated carbocycles. The van der Waals surface area contributed by atoms with E-state index in [1.54, 1.807) is 18.2 Å². The Hall–Kier alpha value is -1.69. The fraction of sp³-hybridized carbons (Fsp3) is 0.417. The minimum Gasteiger partial charge on any atom is -0.491 e. The molecule has 15 heavy (non-hydrogen) atoms. The van der Waals surface area contributed by atoms with E-state index < -0.39 is 0 Å². The molecule has 1 rings (SSSR count). The first-order valence-electron chi connectivity index (χ1n) is 5.06. The lowest BCUT2D eigenvalue weighted by Gasteiger charge is -2.10. The molecule has 0 aliphatic carbocycles. The first-order chi connectivity index (χ1) is 7.13. The minimum absolute atomic E-state index is 0.526. The number of nitrogens with two attached hydrogens (primary N) is 1. The molecule has 0 bridgehead atoms. The number of nitrogens with zero attached hydrogens (tertiary/aromatic N) is 1. The highest BCUT2D eigenvalue weighted by Gasteiger charge is 2.02. The van der Waals surface area contributed by atoms with Gasteiger partial charge in [-0.3, -0.25) is 0 Å². The fourth-order valence-corrected chi connectivity index (χ4v) is 1.15. The summed E-state index contributed by atoms with van der Waals surface area (Å²) in [6, 6.07) is 7.12. The van der Waals surface area contributed by atoms with E-state index in [9.17, 15) is 0 Å². The highest BCUT2D eigenvalue weighted by atomic mass is 16.5. The van der Waals surface area contributed by atoms with Gasteiger partial charge < -0.3 is 10.5 Å². The van der Waals surface area contributed by atoms with E-state index in [1.807, 2.05) is 6.07 Å². The normalized spacial score (nSPS) is 10.0. The molecule has 3 nitrogen and oxygen atoms in total. The van der Waals surface area contributed by atoms with Gasteiger partial charge in [0.2, 0.25) is 0 Å². The average molecular weight is 204 g/mol. The van der Waals surface area contributed by atoms with Gasteiger partial charge in [0.05, 0.1) is 23.9 Å². The number of ether oxygens (including phenoxy) is 1. The molecule has 0 saturated heterocycles. The van der Waals surface area contributed by atoms with Crippen molar-refractivity contribution in [2.75, 3.05) is 12.3 Å². The second-order valence-corrected chi connectivity index (χ2v) is 3.90. The first-order valence-corrected chi connectivity index (χ1v) is 5.06. The molecule has 0 heterocycles. The Labute approximate surface area is 90.5 Å². The number of hydrogen-bond acceptors (Lipinski definition) is 3. The van der Waals surface area contributed by atoms with E-state index in [4.69, 9.17) is 15.7 Å². The van der Waals surface area contributed by atoms with Crippen LogP contribution in [0.2, 0.25) is 0 Å². The van der Waals surface area contributed by atoms with E-state index >= 15 is 0 Å². The molecule has 80 valence electrons. The monoisotopic (exact) mass is 204 g/mol. The van der Waals surface area contributed by atoms with E-state index in [0.717, 1.165) is 6.42 Å². The largest absolute Gasteiger partial charge is 0.491 e. The van der Waals surface area contributed by atoms with Crippen LogP contribution >= 0.6 is 0 Å². The van der Waals surface area contributed by atoms with Crippen molar-refractivity contribution in [1.82, 2.24) is 0 Å². The molecule has 0 fully saturated rings. The van der Waals surface area contributed by atoms with Gasteiger partial charge >= 0.3 is 0 Å². The molecule has 0 aliphatic rings. The smallest absolute Gasteiger partial charge is 0.142 e. The van der Waals surface area contributed by atoms with Gasteiger partial charge in [-0.15, -0.1) is 0 Å². The Kier molecular flexibility index (Phi) is 3.99. The van der Waals surface area contributed by atoms with Gasteiger partial charge in [-0.2, -0.15) is 5.26 Å². The molecule has 2 N–H and O–H groups in total. The molecule has 0 spiro atoms. The van der Waals surface area contributed by atoms with Crippen molar-refractivity contribution in [2.24, 2.45) is 5.92 Å². The molecule has 0 unspecified atom stereocenters. The summed E-state index contributed by atoms with van der Waals surface area (Å²) in [5.41, 5.74) is 6.82. The van der Waals surface area contributed by atoms with Crippen molar-refractivity contribution < 1.29 is 4.74 Å². The number of nitriles is 1. The van der Waals surface area contributed by atoms with Crippen LogP contribution in [-0.2, 0) is 0 Å². The van der Waals surface area contributed by atoms with E-state index in [2.05, 4.69) is 13.8 Å². The number of rotatable bonds is 4. The van der Waals surface area contributed by atoms with Crippen LogP contribution in [0.15, 0.2) is 18.2 Å². The molecule has 0 atom stereocenters. The summed E-state index contributed by atoms with van der Waals surface area (Å²) in [6.07, 6.45) is 0.999. The Morgan fingerprint density at radius 3 is 2.73 bits per heavy atom. The molecule has 1 aromatic carbocycles. The standard InChI is InChI=1S/C12H16N2O/c1-9(2)5-6-15-12-4-3-10(8-13)7-11(12)14/h3-4,7,9H,5-6,14H2,1-2H3. The van der Waals surface area contributed by atoms with Crippen LogP contribution in [0.25, 0.3) is 0 Å². The van der Waals surface area contributed by atoms with Gasteiger partial charge in [0.15, 0.2) is 0 Å². The minimum atomic E-state index is 0.526. The van der Waals surface area contributed by atoms with E-state index in [0.29, 0.717) is 29.5 Å². The van der Waals surface area contributed by atoms with E-state index in [1.165, 1.54) is 0 Å². The van der Waals surface area contributed by atoms with Crippen LogP contribution in [0.3, 0.4) is 0 Å².